The van der Waals surface area contributed by atoms with E-state index in [1.807, 2.05) is 11.3 Å². The third-order valence-corrected chi connectivity index (χ3v) is 5.82. The van der Waals surface area contributed by atoms with Gasteiger partial charge in [0.1, 0.15) is 0 Å². The molecule has 0 aliphatic heterocycles. The molecule has 3 heteroatoms. The van der Waals surface area contributed by atoms with E-state index in [9.17, 15) is 0 Å². The van der Waals surface area contributed by atoms with Gasteiger partial charge in [0.15, 0.2) is 0 Å². The summed E-state index contributed by atoms with van der Waals surface area (Å²) < 4.78 is 1.41. The van der Waals surface area contributed by atoms with Gasteiger partial charge in [-0.25, -0.2) is 0 Å². The predicted octanol–water partition coefficient (Wildman–Crippen LogP) is 4.63. The quantitative estimate of drug-likeness (QED) is 0.802. The summed E-state index contributed by atoms with van der Waals surface area (Å²) >= 11 is 1.93. The Labute approximate surface area is 133 Å². The van der Waals surface area contributed by atoms with Crippen molar-refractivity contribution in [2.75, 3.05) is 13.6 Å². The van der Waals surface area contributed by atoms with Crippen LogP contribution in [0.5, 0.6) is 0 Å². The van der Waals surface area contributed by atoms with Crippen molar-refractivity contribution < 1.29 is 0 Å². The topological polar surface area (TPSA) is 15.3 Å². The van der Waals surface area contributed by atoms with Gasteiger partial charge in [0.05, 0.1) is 0 Å². The fourth-order valence-corrected chi connectivity index (χ4v) is 3.61. The van der Waals surface area contributed by atoms with Gasteiger partial charge < -0.3 is 5.32 Å². The fraction of sp³-hybridized carbons (Fsp3) is 0.556. The van der Waals surface area contributed by atoms with Crippen LogP contribution in [0.1, 0.15) is 44.6 Å². The van der Waals surface area contributed by atoms with Gasteiger partial charge in [0, 0.05) is 28.2 Å². The molecule has 0 unspecified atom stereocenters. The molecule has 0 bridgehead atoms. The average molecular weight is 305 g/mol. The lowest BCUT2D eigenvalue weighted by Crippen LogP contribution is -2.40. The van der Waals surface area contributed by atoms with Crippen LogP contribution in [0.4, 0.5) is 0 Å². The number of nitrogens with one attached hydrogen (secondary N) is 1. The van der Waals surface area contributed by atoms with Crippen molar-refractivity contribution in [3.8, 4) is 0 Å². The van der Waals surface area contributed by atoms with Crippen molar-refractivity contribution in [1.82, 2.24) is 10.2 Å². The molecule has 0 saturated carbocycles. The van der Waals surface area contributed by atoms with Gasteiger partial charge in [0.2, 0.25) is 0 Å². The summed E-state index contributed by atoms with van der Waals surface area (Å²) in [6.45, 7) is 12.1. The first-order valence-corrected chi connectivity index (χ1v) is 8.72. The molecule has 21 heavy (non-hydrogen) atoms. The minimum absolute atomic E-state index is 0.235. The van der Waals surface area contributed by atoms with Gasteiger partial charge in [-0.2, -0.15) is 0 Å². The summed E-state index contributed by atoms with van der Waals surface area (Å²) in [4.78, 5) is 3.97. The second kappa shape index (κ2) is 6.91. The highest BCUT2D eigenvalue weighted by Crippen LogP contribution is 2.33. The van der Waals surface area contributed by atoms with Crippen LogP contribution >= 0.6 is 11.3 Å². The van der Waals surface area contributed by atoms with E-state index in [2.05, 4.69) is 69.2 Å². The lowest BCUT2D eigenvalue weighted by Gasteiger charge is -2.35. The lowest BCUT2D eigenvalue weighted by molar-refractivity contribution is 0.143. The van der Waals surface area contributed by atoms with Crippen molar-refractivity contribution in [1.29, 1.82) is 0 Å². The van der Waals surface area contributed by atoms with Crippen LogP contribution in [0, 0.1) is 0 Å². The number of fused-ring (bicyclic) bond motifs is 1. The molecule has 0 aliphatic carbocycles. The molecule has 0 fully saturated rings. The van der Waals surface area contributed by atoms with Gasteiger partial charge in [-0.3, -0.25) is 4.90 Å². The molecule has 0 saturated heterocycles. The van der Waals surface area contributed by atoms with Crippen LogP contribution in [0.3, 0.4) is 0 Å². The third kappa shape index (κ3) is 3.65. The Bertz CT molecular complexity index is 586. The monoisotopic (exact) mass is 304 g/mol. The summed E-state index contributed by atoms with van der Waals surface area (Å²) in [7, 11) is 2.24. The van der Waals surface area contributed by atoms with Gasteiger partial charge in [-0.05, 0) is 50.9 Å². The maximum absolute atomic E-state index is 3.48. The SMILES string of the molecule is CCNCc1sc2ccccc2c1CN(C)C(C)(C)CC. The van der Waals surface area contributed by atoms with Crippen LogP contribution in [0.15, 0.2) is 24.3 Å². The van der Waals surface area contributed by atoms with Gasteiger partial charge in [0.25, 0.3) is 0 Å². The fourth-order valence-electron chi connectivity index (χ4n) is 2.43. The summed E-state index contributed by atoms with van der Waals surface area (Å²) in [5.74, 6) is 0. The molecule has 0 aliphatic rings. The van der Waals surface area contributed by atoms with Crippen LogP contribution in [-0.4, -0.2) is 24.0 Å². The van der Waals surface area contributed by atoms with E-state index in [1.54, 1.807) is 0 Å². The maximum atomic E-state index is 3.48. The second-order valence-electron chi connectivity index (χ2n) is 6.30. The number of nitrogens with zero attached hydrogens (tertiary/aromatic N) is 1. The first-order chi connectivity index (χ1) is 9.99. The first-order valence-electron chi connectivity index (χ1n) is 7.90. The molecule has 1 aromatic heterocycles. The van der Waals surface area contributed by atoms with Crippen LogP contribution in [0.2, 0.25) is 0 Å². The molecule has 2 aromatic rings. The zero-order chi connectivity index (χ0) is 15.5. The number of hydrogen-bond donors (Lipinski definition) is 1. The second-order valence-corrected chi connectivity index (χ2v) is 7.44. The first kappa shape index (κ1) is 16.5. The minimum Gasteiger partial charge on any atom is -0.312 e. The molecule has 0 spiro atoms. The number of hydrogen-bond acceptors (Lipinski definition) is 3. The van der Waals surface area contributed by atoms with Crippen LogP contribution in [-0.2, 0) is 13.1 Å². The third-order valence-electron chi connectivity index (χ3n) is 4.61. The van der Waals surface area contributed by atoms with Crippen molar-refractivity contribution in [2.45, 2.75) is 52.7 Å². The Morgan fingerprint density at radius 2 is 1.90 bits per heavy atom. The lowest BCUT2D eigenvalue weighted by atomic mass is 9.98. The number of rotatable bonds is 7. The highest BCUT2D eigenvalue weighted by molar-refractivity contribution is 7.19. The van der Waals surface area contributed by atoms with Crippen molar-refractivity contribution in [2.24, 2.45) is 0 Å². The Morgan fingerprint density at radius 1 is 1.19 bits per heavy atom. The molecule has 0 atom stereocenters. The van der Waals surface area contributed by atoms with E-state index in [1.165, 1.54) is 20.5 Å². The van der Waals surface area contributed by atoms with E-state index in [0.29, 0.717) is 0 Å². The van der Waals surface area contributed by atoms with Crippen molar-refractivity contribution >= 4 is 21.4 Å². The zero-order valence-electron chi connectivity index (χ0n) is 14.0. The molecular formula is C18H28N2S. The van der Waals surface area contributed by atoms with Crippen molar-refractivity contribution in [3.63, 3.8) is 0 Å². The Balaban J connectivity index is 2.35. The molecule has 1 aromatic carbocycles. The smallest absolute Gasteiger partial charge is 0.0349 e. The maximum Gasteiger partial charge on any atom is 0.0349 e. The summed E-state index contributed by atoms with van der Waals surface area (Å²) in [5, 5.41) is 4.91. The predicted molar refractivity (Wildman–Crippen MR) is 95.0 cm³/mol. The molecule has 0 amide bonds. The highest BCUT2D eigenvalue weighted by Gasteiger charge is 2.23. The molecule has 1 N–H and O–H groups in total. The standard InChI is InChI=1S/C18H28N2S/c1-6-18(3,4)20(5)13-15-14-10-8-9-11-16(14)21-17(15)12-19-7-2/h8-11,19H,6-7,12-13H2,1-5H3. The number of benzene rings is 1. The minimum atomic E-state index is 0.235. The van der Waals surface area contributed by atoms with Crippen molar-refractivity contribution in [3.05, 3.63) is 34.7 Å². The Kier molecular flexibility index (Phi) is 5.42. The number of thiophene rings is 1. The molecule has 0 radical (unpaired) electrons. The van der Waals surface area contributed by atoms with Gasteiger partial charge in [-0.1, -0.05) is 32.0 Å². The Morgan fingerprint density at radius 3 is 2.57 bits per heavy atom. The van der Waals surface area contributed by atoms with Gasteiger partial charge in [-0.15, -0.1) is 11.3 Å². The van der Waals surface area contributed by atoms with E-state index < -0.39 is 0 Å². The molecule has 2 nitrogen and oxygen atoms in total. The molecule has 1 heterocycles. The molecule has 116 valence electrons. The van der Waals surface area contributed by atoms with E-state index in [0.717, 1.165) is 26.1 Å². The van der Waals surface area contributed by atoms with E-state index >= 15 is 0 Å². The normalized spacial score (nSPS) is 12.5. The summed E-state index contributed by atoms with van der Waals surface area (Å²) in [5.41, 5.74) is 1.74. The van der Waals surface area contributed by atoms with E-state index in [-0.39, 0.29) is 5.54 Å². The van der Waals surface area contributed by atoms with Crippen LogP contribution < -0.4 is 5.32 Å². The largest absolute Gasteiger partial charge is 0.312 e. The van der Waals surface area contributed by atoms with E-state index in [4.69, 9.17) is 0 Å². The summed E-state index contributed by atoms with van der Waals surface area (Å²) in [6.07, 6.45) is 1.16. The summed E-state index contributed by atoms with van der Waals surface area (Å²) in [6, 6.07) is 8.80. The average Bonchev–Trinajstić information content (AvgIpc) is 2.83. The molecule has 2 rings (SSSR count). The van der Waals surface area contributed by atoms with Gasteiger partial charge >= 0.3 is 0 Å². The van der Waals surface area contributed by atoms with Crippen LogP contribution in [0.25, 0.3) is 10.1 Å². The zero-order valence-corrected chi connectivity index (χ0v) is 14.8. The molecular weight excluding hydrogens is 276 g/mol. The Hall–Kier alpha value is -0.900. The highest BCUT2D eigenvalue weighted by atomic mass is 32.1.